The lowest BCUT2D eigenvalue weighted by Gasteiger charge is -2.16. The lowest BCUT2D eigenvalue weighted by Crippen LogP contribution is -2.31. The maximum absolute atomic E-state index is 12.2. The number of aryl methyl sites for hydroxylation is 2. The molecule has 0 aliphatic rings. The lowest BCUT2D eigenvalue weighted by molar-refractivity contribution is -0.137. The molecule has 0 unspecified atom stereocenters. The van der Waals surface area contributed by atoms with Crippen molar-refractivity contribution in [1.82, 2.24) is 0 Å². The van der Waals surface area contributed by atoms with Crippen LogP contribution in [0.25, 0.3) is 0 Å². The largest absolute Gasteiger partial charge is 0.480 e. The average molecular weight is 297 g/mol. The molecule has 0 spiro atoms. The molecule has 0 saturated heterocycles. The van der Waals surface area contributed by atoms with Crippen molar-refractivity contribution in [2.24, 2.45) is 0 Å². The van der Waals surface area contributed by atoms with Crippen molar-refractivity contribution in [3.8, 4) is 0 Å². The van der Waals surface area contributed by atoms with Crippen LogP contribution in [0.4, 0.5) is 5.69 Å². The number of carbonyl (C=O) groups excluding carboxylic acids is 1. The Morgan fingerprint density at radius 3 is 2.32 bits per heavy atom. The number of carboxylic acids is 1. The summed E-state index contributed by atoms with van der Waals surface area (Å²) in [6.07, 6.45) is -0.0910. The molecule has 0 aliphatic carbocycles. The molecule has 4 heteroatoms. The summed E-state index contributed by atoms with van der Waals surface area (Å²) in [5.41, 5.74) is 3.44. The van der Waals surface area contributed by atoms with Crippen LogP contribution in [0, 0.1) is 13.8 Å². The van der Waals surface area contributed by atoms with Gasteiger partial charge >= 0.3 is 5.97 Å². The first-order valence-corrected chi connectivity index (χ1v) is 7.12. The Labute approximate surface area is 129 Å². The van der Waals surface area contributed by atoms with Gasteiger partial charge in [0.2, 0.25) is 0 Å². The van der Waals surface area contributed by atoms with Gasteiger partial charge in [0, 0.05) is 17.7 Å². The van der Waals surface area contributed by atoms with Gasteiger partial charge in [-0.1, -0.05) is 36.4 Å². The van der Waals surface area contributed by atoms with Crippen molar-refractivity contribution in [3.05, 3.63) is 65.2 Å². The quantitative estimate of drug-likeness (QED) is 0.802. The fourth-order valence-electron chi connectivity index (χ4n) is 2.16. The van der Waals surface area contributed by atoms with Gasteiger partial charge in [-0.3, -0.25) is 4.79 Å². The van der Waals surface area contributed by atoms with Crippen LogP contribution in [0.3, 0.4) is 0 Å². The highest BCUT2D eigenvalue weighted by atomic mass is 16.4. The molecule has 1 atom stereocenters. The molecule has 0 aliphatic heterocycles. The number of carbonyl (C=O) groups is 2. The number of Topliss-reactive ketones (excluding diaryl/α,β-unsaturated/α-hetero) is 1. The second kappa shape index (κ2) is 6.89. The van der Waals surface area contributed by atoms with Gasteiger partial charge in [-0.25, -0.2) is 4.79 Å². The number of hydrogen-bond donors (Lipinski definition) is 2. The minimum absolute atomic E-state index is 0.0910. The average Bonchev–Trinajstić information content (AvgIpc) is 2.51. The minimum Gasteiger partial charge on any atom is -0.480 e. The third-order valence-corrected chi connectivity index (χ3v) is 3.63. The van der Waals surface area contributed by atoms with E-state index in [1.807, 2.05) is 38.1 Å². The van der Waals surface area contributed by atoms with E-state index in [9.17, 15) is 14.7 Å². The summed E-state index contributed by atoms with van der Waals surface area (Å²) in [5.74, 6) is -1.23. The predicted molar refractivity (Wildman–Crippen MR) is 86.4 cm³/mol. The second-order valence-corrected chi connectivity index (χ2v) is 5.33. The maximum atomic E-state index is 12.2. The monoisotopic (exact) mass is 297 g/mol. The van der Waals surface area contributed by atoms with Gasteiger partial charge in [-0.2, -0.15) is 0 Å². The molecule has 114 valence electrons. The summed E-state index contributed by atoms with van der Waals surface area (Å²) in [6.45, 7) is 3.96. The van der Waals surface area contributed by atoms with E-state index >= 15 is 0 Å². The number of benzene rings is 2. The number of nitrogens with one attached hydrogen (secondary N) is 1. The third kappa shape index (κ3) is 3.95. The standard InChI is InChI=1S/C18H19NO3/c1-12-8-9-15(10-13(12)2)19-16(18(21)22)11-17(20)14-6-4-3-5-7-14/h3-10,16,19H,11H2,1-2H3,(H,21,22)/t16-/m0/s1. The van der Waals surface area contributed by atoms with E-state index in [2.05, 4.69) is 5.32 Å². The fourth-order valence-corrected chi connectivity index (χ4v) is 2.16. The van der Waals surface area contributed by atoms with Crippen molar-refractivity contribution >= 4 is 17.4 Å². The Hall–Kier alpha value is -2.62. The molecule has 0 amide bonds. The molecule has 2 aromatic rings. The summed E-state index contributed by atoms with van der Waals surface area (Å²) in [5, 5.41) is 12.3. The number of hydrogen-bond acceptors (Lipinski definition) is 3. The van der Waals surface area contributed by atoms with Crippen LogP contribution in [0.15, 0.2) is 48.5 Å². The first-order valence-electron chi connectivity index (χ1n) is 7.12. The van der Waals surface area contributed by atoms with Gasteiger partial charge in [-0.15, -0.1) is 0 Å². The van der Waals surface area contributed by atoms with Crippen LogP contribution in [0.5, 0.6) is 0 Å². The normalized spacial score (nSPS) is 11.7. The van der Waals surface area contributed by atoms with E-state index in [1.165, 1.54) is 0 Å². The molecular formula is C18H19NO3. The van der Waals surface area contributed by atoms with Crippen LogP contribution < -0.4 is 5.32 Å². The van der Waals surface area contributed by atoms with E-state index < -0.39 is 12.0 Å². The summed E-state index contributed by atoms with van der Waals surface area (Å²) in [4.78, 5) is 23.6. The van der Waals surface area contributed by atoms with Gasteiger partial charge in [0.1, 0.15) is 6.04 Å². The highest BCUT2D eigenvalue weighted by Gasteiger charge is 2.21. The minimum atomic E-state index is -1.04. The number of rotatable bonds is 6. The molecule has 4 nitrogen and oxygen atoms in total. The summed E-state index contributed by atoms with van der Waals surface area (Å²) < 4.78 is 0. The molecule has 0 heterocycles. The molecule has 0 bridgehead atoms. The number of ketones is 1. The van der Waals surface area contributed by atoms with Gasteiger partial charge < -0.3 is 10.4 Å². The molecule has 22 heavy (non-hydrogen) atoms. The Bertz CT molecular complexity index is 680. The first kappa shape index (κ1) is 15.8. The lowest BCUT2D eigenvalue weighted by atomic mass is 10.0. The van der Waals surface area contributed by atoms with Gasteiger partial charge in [0.05, 0.1) is 0 Å². The highest BCUT2D eigenvalue weighted by Crippen LogP contribution is 2.17. The van der Waals surface area contributed by atoms with Crippen LogP contribution in [-0.2, 0) is 4.79 Å². The zero-order valence-corrected chi connectivity index (χ0v) is 12.7. The van der Waals surface area contributed by atoms with E-state index in [0.717, 1.165) is 11.1 Å². The van der Waals surface area contributed by atoms with Crippen LogP contribution in [0.2, 0.25) is 0 Å². The maximum Gasteiger partial charge on any atom is 0.326 e. The Morgan fingerprint density at radius 1 is 1.05 bits per heavy atom. The summed E-state index contributed by atoms with van der Waals surface area (Å²) in [7, 11) is 0. The molecule has 2 N–H and O–H groups in total. The summed E-state index contributed by atoms with van der Waals surface area (Å²) >= 11 is 0. The first-order chi connectivity index (χ1) is 10.5. The number of anilines is 1. The van der Waals surface area contributed by atoms with E-state index in [4.69, 9.17) is 0 Å². The van der Waals surface area contributed by atoms with E-state index in [0.29, 0.717) is 11.3 Å². The SMILES string of the molecule is Cc1ccc(N[C@@H](CC(=O)c2ccccc2)C(=O)O)cc1C. The van der Waals surface area contributed by atoms with Gasteiger partial charge in [0.15, 0.2) is 5.78 Å². The Kier molecular flexibility index (Phi) is 4.94. The third-order valence-electron chi connectivity index (χ3n) is 3.63. The Morgan fingerprint density at radius 2 is 1.73 bits per heavy atom. The summed E-state index contributed by atoms with van der Waals surface area (Å²) in [6, 6.07) is 13.4. The van der Waals surface area contributed by atoms with E-state index in [-0.39, 0.29) is 12.2 Å². The molecule has 0 aromatic heterocycles. The zero-order chi connectivity index (χ0) is 16.1. The van der Waals surface area contributed by atoms with Crippen molar-refractivity contribution in [3.63, 3.8) is 0 Å². The van der Waals surface area contributed by atoms with Crippen LogP contribution in [-0.4, -0.2) is 22.9 Å². The van der Waals surface area contributed by atoms with Crippen molar-refractivity contribution in [2.75, 3.05) is 5.32 Å². The second-order valence-electron chi connectivity index (χ2n) is 5.33. The topological polar surface area (TPSA) is 66.4 Å². The molecule has 0 fully saturated rings. The smallest absolute Gasteiger partial charge is 0.326 e. The van der Waals surface area contributed by atoms with Crippen LogP contribution >= 0.6 is 0 Å². The highest BCUT2D eigenvalue weighted by molar-refractivity contribution is 5.99. The Balaban J connectivity index is 2.12. The van der Waals surface area contributed by atoms with Crippen LogP contribution in [0.1, 0.15) is 27.9 Å². The van der Waals surface area contributed by atoms with Crippen molar-refractivity contribution in [2.45, 2.75) is 26.3 Å². The van der Waals surface area contributed by atoms with Gasteiger partial charge in [0.25, 0.3) is 0 Å². The van der Waals surface area contributed by atoms with Gasteiger partial charge in [-0.05, 0) is 37.1 Å². The zero-order valence-electron chi connectivity index (χ0n) is 12.7. The number of aliphatic carboxylic acids is 1. The van der Waals surface area contributed by atoms with Crippen molar-refractivity contribution in [1.29, 1.82) is 0 Å². The predicted octanol–water partition coefficient (Wildman–Crippen LogP) is 3.44. The fraction of sp³-hybridized carbons (Fsp3) is 0.222. The van der Waals surface area contributed by atoms with Crippen molar-refractivity contribution < 1.29 is 14.7 Å². The molecule has 2 aromatic carbocycles. The molecule has 0 radical (unpaired) electrons. The number of carboxylic acid groups (broad SMARTS) is 1. The molecule has 0 saturated carbocycles. The van der Waals surface area contributed by atoms with E-state index in [1.54, 1.807) is 24.3 Å². The molecule has 2 rings (SSSR count). The molecular weight excluding hydrogens is 278 g/mol.